The second-order valence-electron chi connectivity index (χ2n) is 6.90. The van der Waals surface area contributed by atoms with E-state index >= 15 is 0 Å². The SMILES string of the molecule is C[Si](C)(C)CCSC1[C@@H](O)[C@@H](CO)O[C@H]1n1ccc(=O)[nH]c1=O. The Morgan fingerprint density at radius 3 is 2.65 bits per heavy atom. The van der Waals surface area contributed by atoms with Crippen molar-refractivity contribution in [1.82, 2.24) is 9.55 Å². The molecule has 9 heteroatoms. The van der Waals surface area contributed by atoms with Gasteiger partial charge in [0, 0.05) is 20.3 Å². The van der Waals surface area contributed by atoms with Crippen LogP contribution in [0.15, 0.2) is 21.9 Å². The molecule has 130 valence electrons. The van der Waals surface area contributed by atoms with Crippen molar-refractivity contribution >= 4 is 19.8 Å². The lowest BCUT2D eigenvalue weighted by atomic mass is 10.2. The summed E-state index contributed by atoms with van der Waals surface area (Å²) in [7, 11) is -1.20. The quantitative estimate of drug-likeness (QED) is 0.627. The van der Waals surface area contributed by atoms with Crippen molar-refractivity contribution < 1.29 is 14.9 Å². The molecular formula is C14H24N2O5SSi. The lowest BCUT2D eigenvalue weighted by molar-refractivity contribution is -0.0457. The van der Waals surface area contributed by atoms with Gasteiger partial charge in [-0.3, -0.25) is 14.3 Å². The Hall–Kier alpha value is -0.873. The fourth-order valence-corrected chi connectivity index (χ4v) is 6.33. The fraction of sp³-hybridized carbons (Fsp3) is 0.714. The Bertz CT molecular complexity index is 641. The molecular weight excluding hydrogens is 336 g/mol. The van der Waals surface area contributed by atoms with Crippen LogP contribution in [0, 0.1) is 0 Å². The number of thioether (sulfide) groups is 1. The molecule has 1 aromatic rings. The van der Waals surface area contributed by atoms with E-state index in [0.29, 0.717) is 0 Å². The standard InChI is InChI=1S/C14H24N2O5SSi/c1-23(2,3)7-6-22-12-11(19)9(8-17)21-13(12)16-5-4-10(18)15-14(16)20/h4-5,9,11-13,17,19H,6-8H2,1-3H3,(H,15,18,20)/t9-,11+,12?,13-/m1/s1. The van der Waals surface area contributed by atoms with Gasteiger partial charge in [0.05, 0.1) is 18.0 Å². The number of rotatable bonds is 6. The number of aromatic nitrogens is 2. The molecule has 0 spiro atoms. The predicted octanol–water partition coefficient (Wildman–Crippen LogP) is 0.227. The molecule has 0 aromatic carbocycles. The second-order valence-corrected chi connectivity index (χ2v) is 13.8. The van der Waals surface area contributed by atoms with Gasteiger partial charge in [-0.05, 0) is 11.8 Å². The van der Waals surface area contributed by atoms with E-state index in [-0.39, 0.29) is 11.9 Å². The van der Waals surface area contributed by atoms with Gasteiger partial charge in [0.25, 0.3) is 5.56 Å². The summed E-state index contributed by atoms with van der Waals surface area (Å²) in [4.78, 5) is 25.4. The molecule has 0 bridgehead atoms. The summed E-state index contributed by atoms with van der Waals surface area (Å²) in [5.74, 6) is 0.855. The second kappa shape index (κ2) is 7.35. The van der Waals surface area contributed by atoms with Crippen LogP contribution >= 0.6 is 11.8 Å². The summed E-state index contributed by atoms with van der Waals surface area (Å²) >= 11 is 1.55. The molecule has 1 unspecified atom stereocenters. The van der Waals surface area contributed by atoms with Crippen molar-refractivity contribution in [3.63, 3.8) is 0 Å². The molecule has 3 N–H and O–H groups in total. The zero-order chi connectivity index (χ0) is 17.2. The van der Waals surface area contributed by atoms with E-state index < -0.39 is 37.8 Å². The average molecular weight is 361 g/mol. The number of aliphatic hydroxyl groups is 2. The van der Waals surface area contributed by atoms with Gasteiger partial charge in [-0.2, -0.15) is 11.8 Å². The molecule has 1 fully saturated rings. The van der Waals surface area contributed by atoms with Crippen LogP contribution in [0.2, 0.25) is 25.7 Å². The number of ether oxygens (including phenoxy) is 1. The number of hydrogen-bond donors (Lipinski definition) is 3. The van der Waals surface area contributed by atoms with Gasteiger partial charge in [0.2, 0.25) is 0 Å². The topological polar surface area (TPSA) is 105 Å². The number of H-pyrrole nitrogens is 1. The fourth-order valence-electron chi connectivity index (χ4n) is 2.40. The first-order valence-corrected chi connectivity index (χ1v) is 12.4. The van der Waals surface area contributed by atoms with E-state index in [1.165, 1.54) is 16.8 Å². The highest BCUT2D eigenvalue weighted by atomic mass is 32.2. The van der Waals surface area contributed by atoms with E-state index in [0.717, 1.165) is 11.8 Å². The van der Waals surface area contributed by atoms with Crippen LogP contribution in [-0.2, 0) is 4.74 Å². The molecule has 1 aliphatic heterocycles. The van der Waals surface area contributed by atoms with Gasteiger partial charge in [0.15, 0.2) is 6.23 Å². The van der Waals surface area contributed by atoms with E-state index in [1.807, 2.05) is 0 Å². The molecule has 0 saturated carbocycles. The molecule has 7 nitrogen and oxygen atoms in total. The number of aromatic amines is 1. The number of nitrogens with one attached hydrogen (secondary N) is 1. The summed E-state index contributed by atoms with van der Waals surface area (Å²) < 4.78 is 6.93. The van der Waals surface area contributed by atoms with Crippen molar-refractivity contribution in [2.24, 2.45) is 0 Å². The largest absolute Gasteiger partial charge is 0.394 e. The van der Waals surface area contributed by atoms with Crippen molar-refractivity contribution in [1.29, 1.82) is 0 Å². The van der Waals surface area contributed by atoms with Gasteiger partial charge in [-0.1, -0.05) is 19.6 Å². The van der Waals surface area contributed by atoms with E-state index in [2.05, 4.69) is 24.6 Å². The third-order valence-corrected chi connectivity index (χ3v) is 7.23. The van der Waals surface area contributed by atoms with Crippen LogP contribution in [0.1, 0.15) is 6.23 Å². The van der Waals surface area contributed by atoms with Gasteiger partial charge in [0.1, 0.15) is 6.10 Å². The maximum absolute atomic E-state index is 12.0. The van der Waals surface area contributed by atoms with Gasteiger partial charge >= 0.3 is 5.69 Å². The number of aliphatic hydroxyl groups excluding tert-OH is 2. The monoisotopic (exact) mass is 360 g/mol. The molecule has 1 saturated heterocycles. The van der Waals surface area contributed by atoms with Crippen molar-refractivity contribution in [2.45, 2.75) is 49.4 Å². The Kier molecular flexibility index (Phi) is 5.90. The Morgan fingerprint density at radius 2 is 2.09 bits per heavy atom. The summed E-state index contributed by atoms with van der Waals surface area (Å²) in [6.45, 7) is 6.50. The van der Waals surface area contributed by atoms with Gasteiger partial charge < -0.3 is 14.9 Å². The Balaban J connectivity index is 2.20. The molecule has 2 heterocycles. The van der Waals surface area contributed by atoms with Crippen LogP contribution in [-0.4, -0.2) is 57.7 Å². The maximum Gasteiger partial charge on any atom is 0.330 e. The first kappa shape index (κ1) is 18.5. The van der Waals surface area contributed by atoms with Crippen LogP contribution in [0.4, 0.5) is 0 Å². The molecule has 0 aliphatic carbocycles. The minimum atomic E-state index is -1.20. The van der Waals surface area contributed by atoms with Crippen molar-refractivity contribution in [2.75, 3.05) is 12.4 Å². The van der Waals surface area contributed by atoms with Crippen molar-refractivity contribution in [3.8, 4) is 0 Å². The highest BCUT2D eigenvalue weighted by molar-refractivity contribution is 8.00. The van der Waals surface area contributed by atoms with E-state index in [4.69, 9.17) is 4.74 Å². The smallest absolute Gasteiger partial charge is 0.330 e. The van der Waals surface area contributed by atoms with Crippen LogP contribution in [0.25, 0.3) is 0 Å². The first-order chi connectivity index (χ1) is 10.7. The maximum atomic E-state index is 12.0. The zero-order valence-electron chi connectivity index (χ0n) is 13.6. The van der Waals surface area contributed by atoms with Crippen molar-refractivity contribution in [3.05, 3.63) is 33.1 Å². The highest BCUT2D eigenvalue weighted by Crippen LogP contribution is 2.37. The van der Waals surface area contributed by atoms with Crippen LogP contribution in [0.5, 0.6) is 0 Å². The lowest BCUT2D eigenvalue weighted by Crippen LogP contribution is -2.36. The molecule has 0 amide bonds. The minimum absolute atomic E-state index is 0.319. The number of hydrogen-bond acceptors (Lipinski definition) is 6. The summed E-state index contributed by atoms with van der Waals surface area (Å²) in [5.41, 5.74) is -1.06. The zero-order valence-corrected chi connectivity index (χ0v) is 15.4. The highest BCUT2D eigenvalue weighted by Gasteiger charge is 2.45. The Labute approximate surface area is 139 Å². The van der Waals surface area contributed by atoms with Crippen LogP contribution in [0.3, 0.4) is 0 Å². The average Bonchev–Trinajstić information content (AvgIpc) is 2.75. The van der Waals surface area contributed by atoms with E-state index in [1.54, 1.807) is 11.8 Å². The lowest BCUT2D eigenvalue weighted by Gasteiger charge is -2.23. The number of nitrogens with zero attached hydrogens (tertiary/aromatic N) is 1. The third-order valence-electron chi connectivity index (χ3n) is 3.78. The summed E-state index contributed by atoms with van der Waals surface area (Å²) in [5, 5.41) is 19.4. The normalized spacial score (nSPS) is 28.2. The van der Waals surface area contributed by atoms with Gasteiger partial charge in [-0.25, -0.2) is 4.79 Å². The summed E-state index contributed by atoms with van der Waals surface area (Å²) in [6.07, 6.45) is -0.943. The molecule has 1 aromatic heterocycles. The third kappa shape index (κ3) is 4.57. The summed E-state index contributed by atoms with van der Waals surface area (Å²) in [6, 6.07) is 2.32. The molecule has 2 rings (SSSR count). The van der Waals surface area contributed by atoms with Gasteiger partial charge in [-0.15, -0.1) is 0 Å². The predicted molar refractivity (Wildman–Crippen MR) is 92.7 cm³/mol. The van der Waals surface area contributed by atoms with Crippen LogP contribution < -0.4 is 11.2 Å². The van der Waals surface area contributed by atoms with E-state index in [9.17, 15) is 19.8 Å². The molecule has 23 heavy (non-hydrogen) atoms. The minimum Gasteiger partial charge on any atom is -0.394 e. The molecule has 4 atom stereocenters. The Morgan fingerprint density at radius 1 is 1.39 bits per heavy atom. The molecule has 0 radical (unpaired) electrons. The molecule has 1 aliphatic rings. The first-order valence-electron chi connectivity index (χ1n) is 7.60.